The van der Waals surface area contributed by atoms with Gasteiger partial charge in [0.15, 0.2) is 0 Å². The van der Waals surface area contributed by atoms with Crippen LogP contribution in [-0.2, 0) is 4.79 Å². The van der Waals surface area contributed by atoms with E-state index in [2.05, 4.69) is 38.3 Å². The summed E-state index contributed by atoms with van der Waals surface area (Å²) in [5.41, 5.74) is -0.150. The third-order valence-electron chi connectivity index (χ3n) is 2.78. The lowest BCUT2D eigenvalue weighted by molar-refractivity contribution is -0.123. The van der Waals surface area contributed by atoms with Crippen molar-refractivity contribution in [2.75, 3.05) is 0 Å². The van der Waals surface area contributed by atoms with E-state index in [-0.39, 0.29) is 27.1 Å². The molecule has 0 aromatic heterocycles. The molecule has 1 aliphatic rings. The molecule has 1 fully saturated rings. The van der Waals surface area contributed by atoms with Crippen molar-refractivity contribution < 1.29 is 4.79 Å². The van der Waals surface area contributed by atoms with Crippen molar-refractivity contribution in [1.82, 2.24) is 10.6 Å². The van der Waals surface area contributed by atoms with Crippen molar-refractivity contribution in [1.29, 1.82) is 0 Å². The molecule has 1 aliphatic heterocycles. The number of hydrogen-bond donors (Lipinski definition) is 2. The minimum atomic E-state index is -0.150. The highest BCUT2D eigenvalue weighted by atomic mass is 32.2. The molecule has 0 radical (unpaired) electrons. The molecule has 0 aromatic rings. The zero-order valence-electron chi connectivity index (χ0n) is 12.1. The first-order chi connectivity index (χ1) is 7.41. The monoisotopic (exact) mass is 258 g/mol. The highest BCUT2D eigenvalue weighted by Gasteiger charge is 2.45. The van der Waals surface area contributed by atoms with Gasteiger partial charge in [0.25, 0.3) is 0 Å². The van der Waals surface area contributed by atoms with Crippen molar-refractivity contribution in [2.24, 2.45) is 0 Å². The molecule has 0 spiro atoms. The van der Waals surface area contributed by atoms with Crippen molar-refractivity contribution >= 4 is 17.7 Å². The van der Waals surface area contributed by atoms with E-state index in [9.17, 15) is 4.79 Å². The summed E-state index contributed by atoms with van der Waals surface area (Å²) >= 11 is 1.90. The number of nitrogens with one attached hydrogen (secondary N) is 2. The molecule has 3 nitrogen and oxygen atoms in total. The first kappa shape index (κ1) is 14.8. The van der Waals surface area contributed by atoms with E-state index in [4.69, 9.17) is 0 Å². The molecule has 1 amide bonds. The van der Waals surface area contributed by atoms with Crippen molar-refractivity contribution in [3.63, 3.8) is 0 Å². The average Bonchev–Trinajstić information content (AvgIpc) is 2.13. The Labute approximate surface area is 109 Å². The van der Waals surface area contributed by atoms with E-state index < -0.39 is 0 Å². The summed E-state index contributed by atoms with van der Waals surface area (Å²) in [5, 5.41) is 6.56. The Balaban J connectivity index is 2.61. The van der Waals surface area contributed by atoms with Gasteiger partial charge in [-0.3, -0.25) is 10.1 Å². The van der Waals surface area contributed by atoms with Crippen LogP contribution < -0.4 is 10.6 Å². The fraction of sp³-hybridized carbons (Fsp3) is 0.923. The third kappa shape index (κ3) is 4.51. The summed E-state index contributed by atoms with van der Waals surface area (Å²) in [6.45, 7) is 14.8. The lowest BCUT2D eigenvalue weighted by atomic mass is 9.98. The number of rotatable bonds is 2. The highest BCUT2D eigenvalue weighted by molar-refractivity contribution is 8.02. The van der Waals surface area contributed by atoms with Gasteiger partial charge >= 0.3 is 0 Å². The van der Waals surface area contributed by atoms with Crippen LogP contribution in [0.15, 0.2) is 0 Å². The standard InChI is InChI=1S/C13H26N2OS/c1-11(2,3)15-10(16)8-9-12(4,5)17-13(6,7)14-9/h9,14H,8H2,1-7H3,(H,15,16). The number of thioether (sulfide) groups is 1. The van der Waals surface area contributed by atoms with Crippen molar-refractivity contribution in [3.8, 4) is 0 Å². The van der Waals surface area contributed by atoms with Gasteiger partial charge in [-0.05, 0) is 48.5 Å². The summed E-state index contributed by atoms with van der Waals surface area (Å²) in [7, 11) is 0. The predicted octanol–water partition coefficient (Wildman–Crippen LogP) is 2.51. The van der Waals surface area contributed by atoms with Gasteiger partial charge in [0.2, 0.25) is 5.91 Å². The van der Waals surface area contributed by atoms with Crippen LogP contribution in [0.4, 0.5) is 0 Å². The minimum absolute atomic E-state index is 0.0518. The quantitative estimate of drug-likeness (QED) is 0.799. The zero-order chi connectivity index (χ0) is 13.5. The van der Waals surface area contributed by atoms with Crippen molar-refractivity contribution in [3.05, 3.63) is 0 Å². The van der Waals surface area contributed by atoms with Gasteiger partial charge in [-0.15, -0.1) is 11.8 Å². The smallest absolute Gasteiger partial charge is 0.222 e. The summed E-state index contributed by atoms with van der Waals surface area (Å²) in [6, 6.07) is 0.227. The molecular weight excluding hydrogens is 232 g/mol. The summed E-state index contributed by atoms with van der Waals surface area (Å²) in [6.07, 6.45) is 0.542. The molecule has 0 aliphatic carbocycles. The van der Waals surface area contributed by atoms with Crippen molar-refractivity contribution in [2.45, 2.75) is 76.1 Å². The largest absolute Gasteiger partial charge is 0.351 e. The summed E-state index contributed by atoms with van der Waals surface area (Å²) < 4.78 is 0.0960. The molecule has 1 rings (SSSR count). The normalized spacial score (nSPS) is 26.9. The van der Waals surface area contributed by atoms with Gasteiger partial charge in [0.05, 0.1) is 4.87 Å². The fourth-order valence-electron chi connectivity index (χ4n) is 2.30. The van der Waals surface area contributed by atoms with E-state index in [0.717, 1.165) is 0 Å². The third-order valence-corrected chi connectivity index (χ3v) is 4.22. The van der Waals surface area contributed by atoms with E-state index >= 15 is 0 Å². The average molecular weight is 258 g/mol. The molecule has 4 heteroatoms. The predicted molar refractivity (Wildman–Crippen MR) is 75.2 cm³/mol. The molecule has 100 valence electrons. The maximum Gasteiger partial charge on any atom is 0.222 e. The lowest BCUT2D eigenvalue weighted by Crippen LogP contribution is -2.47. The van der Waals surface area contributed by atoms with Gasteiger partial charge in [0.1, 0.15) is 0 Å². The van der Waals surface area contributed by atoms with E-state index in [1.807, 2.05) is 32.5 Å². The van der Waals surface area contributed by atoms with Crippen LogP contribution in [0, 0.1) is 0 Å². The Hall–Kier alpha value is -0.220. The fourth-order valence-corrected chi connectivity index (χ4v) is 4.10. The number of amides is 1. The molecule has 1 unspecified atom stereocenters. The Morgan fingerprint density at radius 2 is 1.82 bits per heavy atom. The van der Waals surface area contributed by atoms with Crippen LogP contribution >= 0.6 is 11.8 Å². The lowest BCUT2D eigenvalue weighted by Gasteiger charge is -2.27. The summed E-state index contributed by atoms with van der Waals surface area (Å²) in [4.78, 5) is 12.0. The first-order valence-corrected chi connectivity index (χ1v) is 7.02. The number of hydrogen-bond acceptors (Lipinski definition) is 3. The molecule has 1 heterocycles. The van der Waals surface area contributed by atoms with Crippen LogP contribution in [-0.4, -0.2) is 27.1 Å². The maximum atomic E-state index is 12.0. The minimum Gasteiger partial charge on any atom is -0.351 e. The Bertz CT molecular complexity index is 305. The Kier molecular flexibility index (Phi) is 3.90. The van der Waals surface area contributed by atoms with Crippen LogP contribution in [0.2, 0.25) is 0 Å². The second-order valence-electron chi connectivity index (χ2n) is 6.92. The van der Waals surface area contributed by atoms with E-state index in [1.165, 1.54) is 0 Å². The zero-order valence-corrected chi connectivity index (χ0v) is 12.9. The van der Waals surface area contributed by atoms with Crippen LogP contribution in [0.1, 0.15) is 54.9 Å². The van der Waals surface area contributed by atoms with Gasteiger partial charge in [-0.25, -0.2) is 0 Å². The highest BCUT2D eigenvalue weighted by Crippen LogP contribution is 2.44. The number of carbonyl (C=O) groups is 1. The first-order valence-electron chi connectivity index (χ1n) is 6.20. The van der Waals surface area contributed by atoms with Gasteiger partial charge in [0, 0.05) is 22.7 Å². The Morgan fingerprint density at radius 1 is 1.29 bits per heavy atom. The molecule has 1 saturated heterocycles. The molecule has 2 N–H and O–H groups in total. The van der Waals surface area contributed by atoms with E-state index in [1.54, 1.807) is 0 Å². The van der Waals surface area contributed by atoms with Crippen LogP contribution in [0.25, 0.3) is 0 Å². The second-order valence-corrected chi connectivity index (χ2v) is 9.19. The van der Waals surface area contributed by atoms with Crippen LogP contribution in [0.5, 0.6) is 0 Å². The maximum absolute atomic E-state index is 12.0. The Morgan fingerprint density at radius 3 is 2.18 bits per heavy atom. The van der Waals surface area contributed by atoms with E-state index in [0.29, 0.717) is 6.42 Å². The molecular formula is C13H26N2OS. The molecule has 0 saturated carbocycles. The number of carbonyl (C=O) groups excluding carboxylic acids is 1. The van der Waals surface area contributed by atoms with Gasteiger partial charge in [-0.2, -0.15) is 0 Å². The molecule has 1 atom stereocenters. The molecule has 0 aromatic carbocycles. The SMILES string of the molecule is CC(C)(C)NC(=O)CC1NC(C)(C)SC1(C)C. The van der Waals surface area contributed by atoms with Gasteiger partial charge < -0.3 is 5.32 Å². The molecule has 0 bridgehead atoms. The molecule has 17 heavy (non-hydrogen) atoms. The summed E-state index contributed by atoms with van der Waals surface area (Å²) in [5.74, 6) is 0.126. The van der Waals surface area contributed by atoms with Crippen LogP contribution in [0.3, 0.4) is 0 Å². The van der Waals surface area contributed by atoms with Gasteiger partial charge in [-0.1, -0.05) is 0 Å². The topological polar surface area (TPSA) is 41.1 Å². The second kappa shape index (κ2) is 4.47.